The number of carbonyl (C=O) groups excluding carboxylic acids is 2. The number of carbonyl (C=O) groups is 2. The first kappa shape index (κ1) is 23.2. The Labute approximate surface area is 205 Å². The molecule has 0 unspecified atom stereocenters. The molecule has 0 bridgehead atoms. The molecular formula is C27H32N4O4. The van der Waals surface area contributed by atoms with Crippen LogP contribution in [0.15, 0.2) is 54.3 Å². The molecule has 3 aliphatic rings. The van der Waals surface area contributed by atoms with E-state index in [2.05, 4.69) is 17.6 Å². The summed E-state index contributed by atoms with van der Waals surface area (Å²) in [6.45, 7) is 7.17. The van der Waals surface area contributed by atoms with Gasteiger partial charge >= 0.3 is 6.03 Å². The van der Waals surface area contributed by atoms with E-state index >= 15 is 0 Å². The standard InChI is InChI=1S/C27H32N4O4/c1-5-11-29(3)12-13-30-25(33)27(2)16-21-20-15-19(35-4)9-10-22(20)28-23(21)24(31(27)26(30)34)17-7-6-8-18(32)14-17/h5,7,9-10,14-15,24,28,32H,1,6,8,11-13,16H2,2-4H3/t24-,27+/m1/s1. The van der Waals surface area contributed by atoms with Gasteiger partial charge in [-0.2, -0.15) is 0 Å². The molecule has 3 amide bonds. The first-order valence-electron chi connectivity index (χ1n) is 12.0. The smallest absolute Gasteiger partial charge is 0.328 e. The molecule has 0 saturated carbocycles. The lowest BCUT2D eigenvalue weighted by atomic mass is 9.80. The number of amides is 3. The van der Waals surface area contributed by atoms with E-state index < -0.39 is 11.6 Å². The number of H-pyrrole nitrogens is 1. The van der Waals surface area contributed by atoms with E-state index in [0.29, 0.717) is 38.9 Å². The van der Waals surface area contributed by atoms with Crippen molar-refractivity contribution < 1.29 is 19.4 Å². The summed E-state index contributed by atoms with van der Waals surface area (Å²) in [4.78, 5) is 36.3. The van der Waals surface area contributed by atoms with Crippen molar-refractivity contribution in [3.8, 4) is 5.75 Å². The number of aromatic amines is 1. The summed E-state index contributed by atoms with van der Waals surface area (Å²) in [5.74, 6) is 0.834. The zero-order valence-electron chi connectivity index (χ0n) is 20.5. The Bertz CT molecular complexity index is 1280. The van der Waals surface area contributed by atoms with Crippen molar-refractivity contribution in [3.63, 3.8) is 0 Å². The molecule has 5 rings (SSSR count). The van der Waals surface area contributed by atoms with Gasteiger partial charge in [-0.3, -0.25) is 14.6 Å². The number of likely N-dealkylation sites (N-methyl/N-ethyl adjacent to an activating group) is 1. The van der Waals surface area contributed by atoms with Gasteiger partial charge in [0.15, 0.2) is 0 Å². The number of ether oxygens (including phenoxy) is 1. The number of hydrogen-bond acceptors (Lipinski definition) is 5. The van der Waals surface area contributed by atoms with Gasteiger partial charge in [-0.05, 0) is 55.8 Å². The average molecular weight is 477 g/mol. The predicted octanol–water partition coefficient (Wildman–Crippen LogP) is 4.08. The minimum absolute atomic E-state index is 0.188. The fourth-order valence-corrected chi connectivity index (χ4v) is 5.65. The molecule has 1 aromatic heterocycles. The van der Waals surface area contributed by atoms with Crippen LogP contribution in [0.1, 0.15) is 37.1 Å². The number of hydrogen-bond donors (Lipinski definition) is 2. The first-order chi connectivity index (χ1) is 16.8. The van der Waals surface area contributed by atoms with Gasteiger partial charge in [-0.25, -0.2) is 4.79 Å². The molecule has 0 radical (unpaired) electrons. The second kappa shape index (κ2) is 8.61. The molecule has 2 atom stereocenters. The van der Waals surface area contributed by atoms with E-state index in [0.717, 1.165) is 33.5 Å². The Balaban J connectivity index is 1.63. The Kier molecular flexibility index (Phi) is 5.71. The van der Waals surface area contributed by atoms with Crippen LogP contribution >= 0.6 is 0 Å². The zero-order valence-corrected chi connectivity index (χ0v) is 20.5. The molecule has 3 heterocycles. The van der Waals surface area contributed by atoms with Gasteiger partial charge in [0, 0.05) is 49.1 Å². The van der Waals surface area contributed by atoms with E-state index in [4.69, 9.17) is 4.74 Å². The van der Waals surface area contributed by atoms with Gasteiger partial charge < -0.3 is 19.7 Å². The second-order valence-corrected chi connectivity index (χ2v) is 9.82. The third-order valence-corrected chi connectivity index (χ3v) is 7.45. The molecule has 35 heavy (non-hydrogen) atoms. The number of nitrogens with one attached hydrogen (secondary N) is 1. The van der Waals surface area contributed by atoms with Crippen LogP contribution in [-0.2, 0) is 11.2 Å². The van der Waals surface area contributed by atoms with Gasteiger partial charge in [0.25, 0.3) is 5.91 Å². The highest BCUT2D eigenvalue weighted by Crippen LogP contribution is 2.50. The fraction of sp³-hybridized carbons (Fsp3) is 0.407. The Morgan fingerprint density at radius 3 is 2.89 bits per heavy atom. The van der Waals surface area contributed by atoms with E-state index in [1.165, 1.54) is 4.90 Å². The summed E-state index contributed by atoms with van der Waals surface area (Å²) in [7, 11) is 3.57. The normalized spacial score (nSPS) is 23.9. The van der Waals surface area contributed by atoms with E-state index in [-0.39, 0.29) is 17.7 Å². The summed E-state index contributed by atoms with van der Waals surface area (Å²) in [6, 6.07) is 5.04. The van der Waals surface area contributed by atoms with Crippen LogP contribution in [0, 0.1) is 0 Å². The number of methoxy groups -OCH3 is 1. The highest BCUT2D eigenvalue weighted by atomic mass is 16.5. The maximum absolute atomic E-state index is 13.8. The molecule has 8 nitrogen and oxygen atoms in total. The molecule has 1 saturated heterocycles. The summed E-state index contributed by atoms with van der Waals surface area (Å²) >= 11 is 0. The quantitative estimate of drug-likeness (QED) is 0.464. The maximum atomic E-state index is 13.8. The number of aliphatic hydroxyl groups excluding tert-OH is 1. The van der Waals surface area contributed by atoms with Crippen molar-refractivity contribution >= 4 is 22.8 Å². The van der Waals surface area contributed by atoms with Crippen molar-refractivity contribution in [2.24, 2.45) is 0 Å². The number of fused-ring (bicyclic) bond motifs is 4. The maximum Gasteiger partial charge on any atom is 0.328 e. The predicted molar refractivity (Wildman–Crippen MR) is 134 cm³/mol. The number of allylic oxidation sites excluding steroid dienone is 2. The zero-order chi connectivity index (χ0) is 24.9. The minimum atomic E-state index is -1.04. The molecule has 1 aliphatic carbocycles. The van der Waals surface area contributed by atoms with Gasteiger partial charge in [0.05, 0.1) is 12.9 Å². The van der Waals surface area contributed by atoms with Gasteiger partial charge in [-0.15, -0.1) is 6.58 Å². The number of aromatic nitrogens is 1. The van der Waals surface area contributed by atoms with Crippen molar-refractivity contribution in [1.82, 2.24) is 19.7 Å². The van der Waals surface area contributed by atoms with Gasteiger partial charge in [0.1, 0.15) is 17.3 Å². The molecule has 1 aromatic carbocycles. The van der Waals surface area contributed by atoms with Crippen LogP contribution in [0.3, 0.4) is 0 Å². The van der Waals surface area contributed by atoms with E-state index in [1.807, 2.05) is 37.1 Å². The van der Waals surface area contributed by atoms with Gasteiger partial charge in [-0.1, -0.05) is 12.2 Å². The largest absolute Gasteiger partial charge is 0.512 e. The average Bonchev–Trinajstić information content (AvgIpc) is 3.28. The Morgan fingerprint density at radius 2 is 2.17 bits per heavy atom. The summed E-state index contributed by atoms with van der Waals surface area (Å²) in [5.41, 5.74) is 2.61. The minimum Gasteiger partial charge on any atom is -0.512 e. The van der Waals surface area contributed by atoms with Crippen molar-refractivity contribution in [3.05, 3.63) is 65.6 Å². The molecular weight excluding hydrogens is 444 g/mol. The van der Waals surface area contributed by atoms with E-state index in [9.17, 15) is 14.7 Å². The van der Waals surface area contributed by atoms with Crippen LogP contribution in [-0.4, -0.2) is 76.1 Å². The lowest BCUT2D eigenvalue weighted by Crippen LogP contribution is -2.53. The molecule has 1 fully saturated rings. The highest BCUT2D eigenvalue weighted by Gasteiger charge is 2.60. The molecule has 2 aliphatic heterocycles. The van der Waals surface area contributed by atoms with Crippen LogP contribution in [0.25, 0.3) is 10.9 Å². The summed E-state index contributed by atoms with van der Waals surface area (Å²) in [5, 5.41) is 11.3. The Hall–Kier alpha value is -3.52. The number of urea groups is 1. The fourth-order valence-electron chi connectivity index (χ4n) is 5.65. The molecule has 2 N–H and O–H groups in total. The summed E-state index contributed by atoms with van der Waals surface area (Å²) in [6.07, 6.45) is 7.25. The van der Waals surface area contributed by atoms with Crippen LogP contribution in [0.2, 0.25) is 0 Å². The number of aliphatic hydroxyl groups is 1. The SMILES string of the molecule is C=CCN(C)CCN1C(=O)N2[C@H](C3=CCCC(O)=C3)c3[nH]c4ccc(OC)cc4c3C[C@@]2(C)C1=O. The lowest BCUT2D eigenvalue weighted by Gasteiger charge is -2.43. The van der Waals surface area contributed by atoms with Gasteiger partial charge in [0.2, 0.25) is 0 Å². The topological polar surface area (TPSA) is 89.1 Å². The van der Waals surface area contributed by atoms with Crippen molar-refractivity contribution in [1.29, 1.82) is 0 Å². The second-order valence-electron chi connectivity index (χ2n) is 9.82. The Morgan fingerprint density at radius 1 is 1.37 bits per heavy atom. The number of benzene rings is 1. The molecule has 184 valence electrons. The number of nitrogens with zero attached hydrogens (tertiary/aromatic N) is 3. The van der Waals surface area contributed by atoms with Crippen molar-refractivity contribution in [2.75, 3.05) is 33.8 Å². The monoisotopic (exact) mass is 476 g/mol. The third kappa shape index (κ3) is 3.63. The molecule has 8 heteroatoms. The number of imide groups is 1. The van der Waals surface area contributed by atoms with E-state index in [1.54, 1.807) is 24.2 Å². The van der Waals surface area contributed by atoms with Crippen LogP contribution < -0.4 is 4.74 Å². The highest BCUT2D eigenvalue weighted by molar-refractivity contribution is 6.08. The molecule has 0 spiro atoms. The third-order valence-electron chi connectivity index (χ3n) is 7.45. The lowest BCUT2D eigenvalue weighted by molar-refractivity contribution is -0.133. The molecule has 2 aromatic rings. The van der Waals surface area contributed by atoms with Crippen molar-refractivity contribution in [2.45, 2.75) is 37.8 Å². The van der Waals surface area contributed by atoms with Crippen LogP contribution in [0.4, 0.5) is 4.79 Å². The van der Waals surface area contributed by atoms with Crippen LogP contribution in [0.5, 0.6) is 5.75 Å². The summed E-state index contributed by atoms with van der Waals surface area (Å²) < 4.78 is 5.46. The number of rotatable bonds is 7. The first-order valence-corrected chi connectivity index (χ1v) is 12.0.